The molecule has 0 saturated heterocycles. The molecule has 200 valence electrons. The van der Waals surface area contributed by atoms with Crippen molar-refractivity contribution >= 4 is 57.9 Å². The number of hydrogen-bond acceptors (Lipinski definition) is 9. The normalized spacial score (nSPS) is 12.6. The number of amides is 1. The minimum absolute atomic E-state index is 0.111. The number of fused-ring (bicyclic) bond motifs is 1. The fourth-order valence-electron chi connectivity index (χ4n) is 4.07. The van der Waals surface area contributed by atoms with E-state index in [1.54, 1.807) is 56.7 Å². The molecule has 0 saturated carbocycles. The van der Waals surface area contributed by atoms with Crippen LogP contribution in [0.25, 0.3) is 16.5 Å². The van der Waals surface area contributed by atoms with Gasteiger partial charge in [0, 0.05) is 48.7 Å². The first-order valence-electron chi connectivity index (χ1n) is 12.0. The van der Waals surface area contributed by atoms with Crippen LogP contribution in [0.5, 0.6) is 0 Å². The first-order chi connectivity index (χ1) is 18.7. The summed E-state index contributed by atoms with van der Waals surface area (Å²) < 4.78 is 9.05. The van der Waals surface area contributed by atoms with Gasteiger partial charge in [0.05, 0.1) is 22.7 Å². The minimum Gasteiger partial charge on any atom is -0.455 e. The number of aryl methyl sites for hydroxylation is 1. The van der Waals surface area contributed by atoms with E-state index >= 15 is 0 Å². The van der Waals surface area contributed by atoms with Crippen molar-refractivity contribution in [1.29, 1.82) is 0 Å². The molecule has 1 atom stereocenters. The Bertz CT molecular complexity index is 1650. The molecule has 3 aromatic heterocycles. The van der Waals surface area contributed by atoms with Crippen LogP contribution < -0.4 is 21.2 Å². The van der Waals surface area contributed by atoms with Gasteiger partial charge in [-0.2, -0.15) is 0 Å². The molecule has 3 heterocycles. The van der Waals surface area contributed by atoms with Gasteiger partial charge in [0.1, 0.15) is 21.5 Å². The Morgan fingerprint density at radius 3 is 2.72 bits per heavy atom. The zero-order chi connectivity index (χ0) is 28.1. The molecule has 0 aliphatic carbocycles. The van der Waals surface area contributed by atoms with Crippen LogP contribution in [0, 0.1) is 13.8 Å². The molecule has 39 heavy (non-hydrogen) atoms. The highest BCUT2D eigenvalue weighted by Crippen LogP contribution is 2.31. The van der Waals surface area contributed by atoms with Crippen LogP contribution in [0.1, 0.15) is 45.9 Å². The molecule has 0 bridgehead atoms. The summed E-state index contributed by atoms with van der Waals surface area (Å²) in [5.41, 5.74) is 9.15. The van der Waals surface area contributed by atoms with Gasteiger partial charge in [-0.1, -0.05) is 23.7 Å². The number of carbonyl (C=O) groups is 1. The Balaban J connectivity index is 1.73. The summed E-state index contributed by atoms with van der Waals surface area (Å²) in [4.78, 5) is 38.9. The van der Waals surface area contributed by atoms with Crippen molar-refractivity contribution in [3.63, 3.8) is 0 Å². The molecule has 11 heteroatoms. The van der Waals surface area contributed by atoms with Gasteiger partial charge >= 0.3 is 0 Å². The van der Waals surface area contributed by atoms with Gasteiger partial charge in [-0.15, -0.1) is 0 Å². The molecule has 4 rings (SSSR count). The number of halogens is 1. The molecule has 9 nitrogen and oxygen atoms in total. The number of anilines is 1. The molecule has 0 radical (unpaired) electrons. The molecular formula is C28H27ClN6O3S. The van der Waals surface area contributed by atoms with E-state index in [0.717, 1.165) is 23.1 Å². The Morgan fingerprint density at radius 1 is 1.23 bits per heavy atom. The van der Waals surface area contributed by atoms with E-state index in [1.807, 2.05) is 26.0 Å². The third-order valence-electron chi connectivity index (χ3n) is 5.90. The Morgan fingerprint density at radius 2 is 2.03 bits per heavy atom. The van der Waals surface area contributed by atoms with Crippen molar-refractivity contribution in [3.05, 3.63) is 98.4 Å². The van der Waals surface area contributed by atoms with Crippen molar-refractivity contribution in [1.82, 2.24) is 14.7 Å². The topological polar surface area (TPSA) is 136 Å². The van der Waals surface area contributed by atoms with Crippen LogP contribution in [0.2, 0.25) is 5.15 Å². The van der Waals surface area contributed by atoms with Gasteiger partial charge in [0.15, 0.2) is 11.1 Å². The van der Waals surface area contributed by atoms with Gasteiger partial charge in [0.25, 0.3) is 5.91 Å². The monoisotopic (exact) mass is 562 g/mol. The summed E-state index contributed by atoms with van der Waals surface area (Å²) in [7, 11) is 1.61. The minimum atomic E-state index is -0.446. The zero-order valence-electron chi connectivity index (χ0n) is 21.8. The quantitative estimate of drug-likeness (QED) is 0.146. The standard InChI is InChI=1S/C28H27ClN6O3S/c1-15-11-19(27-20(12-15)25(36)16(2)26(38-27)18(13-30)14-31-4)17(3)33-21-8-9-22(29)34-24(21)28(37)35-39-23-7-5-6-10-32-23/h5-14,17,33H,30H2,1-4H3,(H,35,37)/b18-13+,31-14?. The fourth-order valence-corrected chi connectivity index (χ4v) is 4.77. The number of rotatable bonds is 8. The molecule has 1 unspecified atom stereocenters. The van der Waals surface area contributed by atoms with Crippen molar-refractivity contribution in [2.45, 2.75) is 31.8 Å². The summed E-state index contributed by atoms with van der Waals surface area (Å²) in [5.74, 6) is -0.101. The summed E-state index contributed by atoms with van der Waals surface area (Å²) in [6.45, 7) is 5.51. The predicted octanol–water partition coefficient (Wildman–Crippen LogP) is 5.46. The van der Waals surface area contributed by atoms with Gasteiger partial charge in [0.2, 0.25) is 0 Å². The highest BCUT2D eigenvalue weighted by molar-refractivity contribution is 7.97. The molecule has 1 aromatic carbocycles. The first kappa shape index (κ1) is 27.9. The van der Waals surface area contributed by atoms with E-state index < -0.39 is 11.9 Å². The van der Waals surface area contributed by atoms with Gasteiger partial charge in [-0.3, -0.25) is 19.3 Å². The zero-order valence-corrected chi connectivity index (χ0v) is 23.4. The average molecular weight is 563 g/mol. The van der Waals surface area contributed by atoms with E-state index in [4.69, 9.17) is 21.8 Å². The second-order valence-electron chi connectivity index (χ2n) is 8.72. The Labute approximate surface area is 234 Å². The molecular weight excluding hydrogens is 536 g/mol. The van der Waals surface area contributed by atoms with Crippen molar-refractivity contribution < 1.29 is 9.21 Å². The smallest absolute Gasteiger partial charge is 0.282 e. The van der Waals surface area contributed by atoms with E-state index in [0.29, 0.717) is 38.6 Å². The largest absolute Gasteiger partial charge is 0.455 e. The number of allylic oxidation sites excluding steroid dienone is 1. The van der Waals surface area contributed by atoms with Gasteiger partial charge < -0.3 is 15.5 Å². The third kappa shape index (κ3) is 6.13. The SMILES string of the molecule is CN=C/C(=C\N)c1oc2c(C(C)Nc3ccc(Cl)nc3C(=O)NSc3ccccn3)cc(C)cc2c(=O)c1C. The molecule has 0 aliphatic heterocycles. The highest BCUT2D eigenvalue weighted by Gasteiger charge is 2.22. The summed E-state index contributed by atoms with van der Waals surface area (Å²) in [6.07, 6.45) is 4.53. The lowest BCUT2D eigenvalue weighted by atomic mass is 9.99. The molecule has 4 N–H and O–H groups in total. The molecule has 4 aromatic rings. The molecule has 0 aliphatic rings. The van der Waals surface area contributed by atoms with Crippen LogP contribution in [-0.2, 0) is 0 Å². The maximum atomic E-state index is 13.4. The van der Waals surface area contributed by atoms with Gasteiger partial charge in [-0.25, -0.2) is 9.97 Å². The number of carbonyl (C=O) groups excluding carboxylic acids is 1. The lowest BCUT2D eigenvalue weighted by Crippen LogP contribution is -2.21. The van der Waals surface area contributed by atoms with Crippen LogP contribution >= 0.6 is 23.5 Å². The van der Waals surface area contributed by atoms with Crippen molar-refractivity contribution in [2.75, 3.05) is 12.4 Å². The van der Waals surface area contributed by atoms with Crippen LogP contribution in [0.4, 0.5) is 5.69 Å². The Kier molecular flexibility index (Phi) is 8.68. The second kappa shape index (κ2) is 12.1. The van der Waals surface area contributed by atoms with Crippen LogP contribution in [-0.4, -0.2) is 29.1 Å². The summed E-state index contributed by atoms with van der Waals surface area (Å²) in [5, 5.41) is 4.59. The number of aromatic nitrogens is 2. The van der Waals surface area contributed by atoms with E-state index in [1.165, 1.54) is 6.20 Å². The van der Waals surface area contributed by atoms with Crippen molar-refractivity contribution in [2.24, 2.45) is 10.7 Å². The lowest BCUT2D eigenvalue weighted by Gasteiger charge is -2.20. The van der Waals surface area contributed by atoms with E-state index in [2.05, 4.69) is 25.0 Å². The van der Waals surface area contributed by atoms with Crippen LogP contribution in [0.3, 0.4) is 0 Å². The number of nitrogens with two attached hydrogens (primary N) is 1. The lowest BCUT2D eigenvalue weighted by molar-refractivity contribution is 0.0980. The molecule has 0 fully saturated rings. The maximum Gasteiger partial charge on any atom is 0.282 e. The van der Waals surface area contributed by atoms with E-state index in [-0.39, 0.29) is 16.3 Å². The number of nitrogens with zero attached hydrogens (tertiary/aromatic N) is 3. The predicted molar refractivity (Wildman–Crippen MR) is 157 cm³/mol. The number of nitrogens with one attached hydrogen (secondary N) is 2. The second-order valence-corrected chi connectivity index (χ2v) is 9.94. The van der Waals surface area contributed by atoms with Crippen LogP contribution in [0.15, 0.2) is 74.1 Å². The first-order valence-corrected chi connectivity index (χ1v) is 13.2. The average Bonchev–Trinajstić information content (AvgIpc) is 2.93. The van der Waals surface area contributed by atoms with Crippen molar-refractivity contribution in [3.8, 4) is 0 Å². The Hall–Kier alpha value is -4.15. The summed E-state index contributed by atoms with van der Waals surface area (Å²) >= 11 is 7.21. The number of pyridine rings is 2. The number of aliphatic imine (C=N–C) groups is 1. The summed E-state index contributed by atoms with van der Waals surface area (Å²) in [6, 6.07) is 12.0. The third-order valence-corrected chi connectivity index (χ3v) is 6.85. The van der Waals surface area contributed by atoms with E-state index in [9.17, 15) is 9.59 Å². The number of hydrogen-bond donors (Lipinski definition) is 3. The fraction of sp³-hybridized carbons (Fsp3) is 0.179. The molecule has 1 amide bonds. The van der Waals surface area contributed by atoms with Gasteiger partial charge in [-0.05, 0) is 56.7 Å². The number of benzene rings is 1. The maximum absolute atomic E-state index is 13.4. The highest BCUT2D eigenvalue weighted by atomic mass is 35.5. The molecule has 0 spiro atoms.